The van der Waals surface area contributed by atoms with Gasteiger partial charge in [0.1, 0.15) is 6.10 Å². The molecule has 0 heterocycles. The minimum Gasteiger partial charge on any atom is -0.481 e. The van der Waals surface area contributed by atoms with Crippen molar-refractivity contribution >= 4 is 11.9 Å². The van der Waals surface area contributed by atoms with Crippen LogP contribution in [0.2, 0.25) is 0 Å². The van der Waals surface area contributed by atoms with Gasteiger partial charge in [-0.05, 0) is 144 Å². The van der Waals surface area contributed by atoms with E-state index in [4.69, 9.17) is 4.74 Å². The summed E-state index contributed by atoms with van der Waals surface area (Å²) in [6, 6.07) is 0.749. The Balaban J connectivity index is 1.26. The van der Waals surface area contributed by atoms with Crippen molar-refractivity contribution in [3.8, 4) is 0 Å². The minimum atomic E-state index is -1.11. The Morgan fingerprint density at radius 2 is 1.56 bits per heavy atom. The molecule has 0 aromatic carbocycles. The van der Waals surface area contributed by atoms with Crippen molar-refractivity contribution in [2.24, 2.45) is 56.7 Å². The van der Waals surface area contributed by atoms with Crippen LogP contribution in [0.1, 0.15) is 139 Å². The predicted molar refractivity (Wildman–Crippen MR) is 171 cm³/mol. The Morgan fingerprint density at radius 3 is 2.19 bits per heavy atom. The van der Waals surface area contributed by atoms with E-state index in [1.54, 1.807) is 13.8 Å². The zero-order chi connectivity index (χ0) is 31.4. The Labute approximate surface area is 261 Å². The second-order valence-electron chi connectivity index (χ2n) is 18.5. The van der Waals surface area contributed by atoms with Crippen molar-refractivity contribution in [2.75, 3.05) is 0 Å². The summed E-state index contributed by atoms with van der Waals surface area (Å²) in [7, 11) is 0. The number of allylic oxidation sites excluding steroid dienone is 1. The van der Waals surface area contributed by atoms with Gasteiger partial charge < -0.3 is 15.2 Å². The lowest BCUT2D eigenvalue weighted by atomic mass is 9.32. The highest BCUT2D eigenvalue weighted by Crippen LogP contribution is 2.76. The van der Waals surface area contributed by atoms with Crippen LogP contribution < -0.4 is 5.32 Å². The van der Waals surface area contributed by atoms with Crippen molar-refractivity contribution in [1.29, 1.82) is 0 Å². The Bertz CT molecular complexity index is 1170. The molecule has 0 aliphatic heterocycles. The number of hydrogen-bond acceptors (Lipinski definition) is 4. The van der Waals surface area contributed by atoms with Crippen molar-refractivity contribution in [1.82, 2.24) is 5.32 Å². The highest BCUT2D eigenvalue weighted by Gasteiger charge is 2.71. The molecule has 0 unspecified atom stereocenters. The lowest BCUT2D eigenvalue weighted by Crippen LogP contribution is -2.69. The third-order valence-electron chi connectivity index (χ3n) is 15.5. The largest absolute Gasteiger partial charge is 0.481 e. The van der Waals surface area contributed by atoms with E-state index in [9.17, 15) is 14.7 Å². The number of rotatable bonds is 7. The summed E-state index contributed by atoms with van der Waals surface area (Å²) in [5, 5.41) is 13.8. The lowest BCUT2D eigenvalue weighted by molar-refractivity contribution is -0.246. The third-order valence-corrected chi connectivity index (χ3v) is 15.5. The maximum Gasteiger partial charge on any atom is 0.309 e. The summed E-state index contributed by atoms with van der Waals surface area (Å²) < 4.78 is 6.17. The molecule has 6 aliphatic carbocycles. The first kappa shape index (κ1) is 31.6. The van der Waals surface area contributed by atoms with E-state index in [2.05, 4.69) is 53.4 Å². The van der Waals surface area contributed by atoms with E-state index in [1.807, 2.05) is 0 Å². The minimum absolute atomic E-state index is 0.0826. The van der Waals surface area contributed by atoms with Crippen LogP contribution in [0.3, 0.4) is 0 Å². The number of carbonyl (C=O) groups excluding carboxylic acids is 1. The van der Waals surface area contributed by atoms with E-state index in [0.717, 1.165) is 24.8 Å². The van der Waals surface area contributed by atoms with Crippen LogP contribution in [0.5, 0.6) is 0 Å². The van der Waals surface area contributed by atoms with E-state index in [1.165, 1.54) is 69.8 Å². The van der Waals surface area contributed by atoms with Crippen LogP contribution in [-0.4, -0.2) is 34.7 Å². The fourth-order valence-corrected chi connectivity index (χ4v) is 12.9. The smallest absolute Gasteiger partial charge is 0.309 e. The van der Waals surface area contributed by atoms with Crippen LogP contribution in [-0.2, 0) is 14.3 Å². The van der Waals surface area contributed by atoms with E-state index < -0.39 is 11.4 Å². The molecule has 5 nitrogen and oxygen atoms in total. The molecule has 0 saturated heterocycles. The molecular formula is C38H61NO4. The molecule has 242 valence electrons. The van der Waals surface area contributed by atoms with E-state index >= 15 is 0 Å². The number of nitrogens with one attached hydrogen (secondary N) is 1. The molecular weight excluding hydrogens is 534 g/mol. The topological polar surface area (TPSA) is 75.6 Å². The number of ether oxygens (including phenoxy) is 1. The molecule has 6 rings (SSSR count). The van der Waals surface area contributed by atoms with E-state index in [-0.39, 0.29) is 29.3 Å². The Kier molecular flexibility index (Phi) is 7.40. The lowest BCUT2D eigenvalue weighted by Gasteiger charge is -2.73. The first-order valence-electron chi connectivity index (χ1n) is 17.8. The molecule has 6 saturated carbocycles. The highest BCUT2D eigenvalue weighted by molar-refractivity contribution is 5.81. The van der Waals surface area contributed by atoms with Crippen molar-refractivity contribution in [3.05, 3.63) is 12.2 Å². The molecule has 0 radical (unpaired) electrons. The first-order valence-corrected chi connectivity index (χ1v) is 17.8. The predicted octanol–water partition coefficient (Wildman–Crippen LogP) is 8.56. The average molecular weight is 596 g/mol. The molecule has 0 aromatic heterocycles. The van der Waals surface area contributed by atoms with Crippen LogP contribution in [0.15, 0.2) is 12.2 Å². The fourth-order valence-electron chi connectivity index (χ4n) is 12.9. The van der Waals surface area contributed by atoms with Crippen LogP contribution >= 0.6 is 0 Å². The molecule has 6 aliphatic rings. The maximum atomic E-state index is 13.0. The van der Waals surface area contributed by atoms with Crippen molar-refractivity contribution < 1.29 is 19.4 Å². The number of fused-ring (bicyclic) bond motifs is 7. The molecule has 0 amide bonds. The normalized spacial score (nSPS) is 47.0. The third kappa shape index (κ3) is 4.62. The average Bonchev–Trinajstić information content (AvgIpc) is 3.62. The molecule has 10 atom stereocenters. The number of hydrogen-bond donors (Lipinski definition) is 2. The zero-order valence-corrected chi connectivity index (χ0v) is 28.6. The fraction of sp³-hybridized carbons (Fsp3) is 0.895. The second-order valence-corrected chi connectivity index (χ2v) is 18.5. The quantitative estimate of drug-likeness (QED) is 0.228. The van der Waals surface area contributed by atoms with E-state index in [0.29, 0.717) is 40.0 Å². The molecule has 43 heavy (non-hydrogen) atoms. The summed E-state index contributed by atoms with van der Waals surface area (Å²) in [5.74, 6) is 1.97. The molecule has 0 spiro atoms. The second kappa shape index (κ2) is 10.1. The van der Waals surface area contributed by atoms with Gasteiger partial charge in [0.15, 0.2) is 0 Å². The standard InChI is InChI=1S/C38H61NO4/c1-23(2)25-14-19-38(39-24-10-11-24)21-20-36(8)26(31(25)38)12-13-28-35(7)17-16-29(43-30(40)22-33(3,4)32(41)42)34(5,6)27(35)15-18-37(28,36)9/h24-29,31,39H,1,10-22H2,2-9H3,(H,41,42)/t25-,26+,27-,28+,29-,31+,35-,36+,37+,38-/m0/s1. The van der Waals surface area contributed by atoms with Gasteiger partial charge in [-0.15, -0.1) is 0 Å². The van der Waals surface area contributed by atoms with Crippen LogP contribution in [0, 0.1) is 56.7 Å². The van der Waals surface area contributed by atoms with Gasteiger partial charge in [0.25, 0.3) is 0 Å². The molecule has 5 heteroatoms. The summed E-state index contributed by atoms with van der Waals surface area (Å²) in [5.41, 5.74) is 1.34. The number of esters is 1. The van der Waals surface area contributed by atoms with Gasteiger partial charge >= 0.3 is 11.9 Å². The maximum absolute atomic E-state index is 13.0. The zero-order valence-electron chi connectivity index (χ0n) is 28.6. The SMILES string of the molecule is C=C(C)[C@@H]1CC[C@]2(NC3CC3)CC[C@]3(C)[C@H](CC[C@@H]4[C@@]5(C)CC[C@H](OC(=O)CC(C)(C)C(=O)O)C(C)(C)[C@@H]5CC[C@]43C)[C@@H]12. The molecule has 0 aromatic rings. The summed E-state index contributed by atoms with van der Waals surface area (Å²) in [4.78, 5) is 24.7. The number of carboxylic acids is 1. The number of carboxylic acid groups (broad SMARTS) is 1. The van der Waals surface area contributed by atoms with Crippen LogP contribution in [0.25, 0.3) is 0 Å². The van der Waals surface area contributed by atoms with Gasteiger partial charge in [0, 0.05) is 17.0 Å². The number of aliphatic carboxylic acids is 1. The highest BCUT2D eigenvalue weighted by atomic mass is 16.5. The van der Waals surface area contributed by atoms with Gasteiger partial charge in [0.05, 0.1) is 11.8 Å². The van der Waals surface area contributed by atoms with Gasteiger partial charge in [-0.3, -0.25) is 9.59 Å². The molecule has 0 bridgehead atoms. The summed E-state index contributed by atoms with van der Waals surface area (Å²) in [6.07, 6.45) is 14.8. The summed E-state index contributed by atoms with van der Waals surface area (Å²) >= 11 is 0. The number of carbonyl (C=O) groups is 2. The van der Waals surface area contributed by atoms with Gasteiger partial charge in [-0.1, -0.05) is 46.8 Å². The van der Waals surface area contributed by atoms with Gasteiger partial charge in [-0.25, -0.2) is 0 Å². The molecule has 2 N–H and O–H groups in total. The van der Waals surface area contributed by atoms with Crippen LogP contribution in [0.4, 0.5) is 0 Å². The van der Waals surface area contributed by atoms with Gasteiger partial charge in [-0.2, -0.15) is 0 Å². The van der Waals surface area contributed by atoms with Crippen molar-refractivity contribution in [2.45, 2.75) is 157 Å². The summed E-state index contributed by atoms with van der Waals surface area (Å²) in [6.45, 7) is 22.8. The van der Waals surface area contributed by atoms with Gasteiger partial charge in [0.2, 0.25) is 0 Å². The molecule has 6 fully saturated rings. The first-order chi connectivity index (χ1) is 19.9. The van der Waals surface area contributed by atoms with Crippen molar-refractivity contribution in [3.63, 3.8) is 0 Å². The Hall–Kier alpha value is -1.36. The monoisotopic (exact) mass is 595 g/mol. The Morgan fingerprint density at radius 1 is 0.860 bits per heavy atom.